The Labute approximate surface area is 105 Å². The van der Waals surface area contributed by atoms with Crippen LogP contribution in [-0.2, 0) is 18.8 Å². The first-order valence-corrected chi connectivity index (χ1v) is 7.31. The van der Waals surface area contributed by atoms with E-state index in [1.165, 1.54) is 25.7 Å². The van der Waals surface area contributed by atoms with Crippen LogP contribution < -0.4 is 10.9 Å². The number of hydrogen-bond acceptors (Lipinski definition) is 4. The summed E-state index contributed by atoms with van der Waals surface area (Å²) in [4.78, 5) is 19.2. The van der Waals surface area contributed by atoms with Gasteiger partial charge >= 0.3 is 0 Å². The third-order valence-electron chi connectivity index (χ3n) is 3.50. The van der Waals surface area contributed by atoms with Crippen molar-refractivity contribution < 1.29 is 0 Å². The van der Waals surface area contributed by atoms with E-state index in [1.807, 2.05) is 11.8 Å². The quantitative estimate of drug-likeness (QED) is 0.855. The number of aromatic amines is 1. The van der Waals surface area contributed by atoms with E-state index in [4.69, 9.17) is 0 Å². The summed E-state index contributed by atoms with van der Waals surface area (Å²) in [7, 11) is 0. The van der Waals surface area contributed by atoms with Crippen molar-refractivity contribution in [3.05, 3.63) is 27.4 Å². The van der Waals surface area contributed by atoms with Crippen molar-refractivity contribution in [3.63, 3.8) is 0 Å². The van der Waals surface area contributed by atoms with Gasteiger partial charge in [-0.15, -0.1) is 0 Å². The van der Waals surface area contributed by atoms with Crippen molar-refractivity contribution in [1.82, 2.24) is 15.3 Å². The molecule has 0 saturated heterocycles. The molecule has 1 aromatic rings. The third-order valence-corrected chi connectivity index (χ3v) is 4.89. The average molecular weight is 251 g/mol. The van der Waals surface area contributed by atoms with Crippen LogP contribution >= 0.6 is 11.8 Å². The summed E-state index contributed by atoms with van der Waals surface area (Å²) in [6.45, 7) is 1.40. The molecular formula is C12H17N3OS. The molecule has 1 aliphatic heterocycles. The summed E-state index contributed by atoms with van der Waals surface area (Å²) >= 11 is 1.94. The van der Waals surface area contributed by atoms with Gasteiger partial charge in [0.15, 0.2) is 0 Å². The maximum Gasteiger partial charge on any atom is 0.255 e. The fourth-order valence-electron chi connectivity index (χ4n) is 2.55. The fourth-order valence-corrected chi connectivity index (χ4v) is 3.75. The van der Waals surface area contributed by atoms with Crippen LogP contribution in [0, 0.1) is 0 Å². The Balaban J connectivity index is 1.71. The molecule has 0 aromatic carbocycles. The topological polar surface area (TPSA) is 57.8 Å². The van der Waals surface area contributed by atoms with Gasteiger partial charge in [0.1, 0.15) is 5.82 Å². The van der Waals surface area contributed by atoms with Gasteiger partial charge in [0.05, 0.1) is 17.0 Å². The van der Waals surface area contributed by atoms with Gasteiger partial charge in [0, 0.05) is 18.3 Å². The van der Waals surface area contributed by atoms with E-state index in [0.717, 1.165) is 34.6 Å². The van der Waals surface area contributed by atoms with Crippen molar-refractivity contribution in [2.75, 3.05) is 0 Å². The summed E-state index contributed by atoms with van der Waals surface area (Å²) in [5.41, 5.74) is 1.80. The van der Waals surface area contributed by atoms with E-state index in [9.17, 15) is 4.79 Å². The number of H-pyrrole nitrogens is 1. The third kappa shape index (κ3) is 2.40. The Bertz CT molecular complexity index is 465. The summed E-state index contributed by atoms with van der Waals surface area (Å²) in [5.74, 6) is 1.68. The molecule has 0 unspecified atom stereocenters. The molecule has 5 heteroatoms. The van der Waals surface area contributed by atoms with Crippen LogP contribution in [0.5, 0.6) is 0 Å². The molecule has 92 valence electrons. The van der Waals surface area contributed by atoms with E-state index in [1.54, 1.807) is 0 Å². The van der Waals surface area contributed by atoms with Crippen LogP contribution in [-0.4, -0.2) is 15.2 Å². The summed E-state index contributed by atoms with van der Waals surface area (Å²) in [6, 6.07) is 0. The standard InChI is InChI=1S/C12H17N3OS/c16-12-9-5-13-6-10(9)14-11(15-12)7-17-8-3-1-2-4-8/h8,13H,1-7H2,(H,14,15,16). The van der Waals surface area contributed by atoms with Gasteiger partial charge in [0.2, 0.25) is 0 Å². The SMILES string of the molecule is O=c1[nH]c(CSC2CCCC2)nc2c1CNC2. The molecule has 1 fully saturated rings. The van der Waals surface area contributed by atoms with Crippen LogP contribution in [0.25, 0.3) is 0 Å². The highest BCUT2D eigenvalue weighted by molar-refractivity contribution is 7.99. The Morgan fingerprint density at radius 1 is 1.29 bits per heavy atom. The fraction of sp³-hybridized carbons (Fsp3) is 0.667. The molecule has 1 saturated carbocycles. The Hall–Kier alpha value is -0.810. The predicted octanol–water partition coefficient (Wildman–Crippen LogP) is 1.55. The number of fused-ring (bicyclic) bond motifs is 1. The number of hydrogen-bond donors (Lipinski definition) is 2. The van der Waals surface area contributed by atoms with Gasteiger partial charge < -0.3 is 10.3 Å². The second kappa shape index (κ2) is 4.82. The Kier molecular flexibility index (Phi) is 3.20. The number of thioether (sulfide) groups is 1. The Morgan fingerprint density at radius 3 is 2.94 bits per heavy atom. The average Bonchev–Trinajstić information content (AvgIpc) is 2.97. The lowest BCUT2D eigenvalue weighted by Crippen LogP contribution is -2.17. The summed E-state index contributed by atoms with van der Waals surface area (Å²) < 4.78 is 0. The molecular weight excluding hydrogens is 234 g/mol. The number of nitrogens with one attached hydrogen (secondary N) is 2. The molecule has 17 heavy (non-hydrogen) atoms. The molecule has 3 rings (SSSR count). The zero-order valence-corrected chi connectivity index (χ0v) is 10.6. The van der Waals surface area contributed by atoms with E-state index in [0.29, 0.717) is 6.54 Å². The number of aromatic nitrogens is 2. The van der Waals surface area contributed by atoms with Crippen LogP contribution in [0.3, 0.4) is 0 Å². The minimum atomic E-state index is 0.0435. The molecule has 0 spiro atoms. The van der Waals surface area contributed by atoms with Crippen molar-refractivity contribution in [2.24, 2.45) is 0 Å². The van der Waals surface area contributed by atoms with Crippen LogP contribution in [0.15, 0.2) is 4.79 Å². The highest BCUT2D eigenvalue weighted by atomic mass is 32.2. The van der Waals surface area contributed by atoms with Crippen LogP contribution in [0.4, 0.5) is 0 Å². The number of rotatable bonds is 3. The van der Waals surface area contributed by atoms with Gasteiger partial charge in [-0.2, -0.15) is 11.8 Å². The van der Waals surface area contributed by atoms with Gasteiger partial charge in [-0.25, -0.2) is 4.98 Å². The predicted molar refractivity (Wildman–Crippen MR) is 69.0 cm³/mol. The molecule has 1 aliphatic carbocycles. The van der Waals surface area contributed by atoms with Crippen molar-refractivity contribution in [3.8, 4) is 0 Å². The molecule has 2 N–H and O–H groups in total. The van der Waals surface area contributed by atoms with Crippen molar-refractivity contribution >= 4 is 11.8 Å². The second-order valence-electron chi connectivity index (χ2n) is 4.76. The van der Waals surface area contributed by atoms with E-state index >= 15 is 0 Å². The van der Waals surface area contributed by atoms with E-state index in [-0.39, 0.29) is 5.56 Å². The molecule has 0 amide bonds. The lowest BCUT2D eigenvalue weighted by molar-refractivity contribution is 0.756. The molecule has 1 aromatic heterocycles. The first-order chi connectivity index (χ1) is 8.33. The largest absolute Gasteiger partial charge is 0.310 e. The van der Waals surface area contributed by atoms with Crippen molar-refractivity contribution in [2.45, 2.75) is 49.8 Å². The molecule has 2 heterocycles. The van der Waals surface area contributed by atoms with E-state index in [2.05, 4.69) is 15.3 Å². The molecule has 0 atom stereocenters. The Morgan fingerprint density at radius 2 is 2.12 bits per heavy atom. The molecule has 2 aliphatic rings. The van der Waals surface area contributed by atoms with E-state index < -0.39 is 0 Å². The molecule has 0 bridgehead atoms. The smallest absolute Gasteiger partial charge is 0.255 e. The summed E-state index contributed by atoms with van der Waals surface area (Å²) in [5, 5.41) is 3.93. The minimum absolute atomic E-state index is 0.0435. The normalized spacial score (nSPS) is 19.8. The van der Waals surface area contributed by atoms with Crippen molar-refractivity contribution in [1.29, 1.82) is 0 Å². The molecule has 0 radical (unpaired) electrons. The lowest BCUT2D eigenvalue weighted by atomic mass is 10.3. The zero-order valence-electron chi connectivity index (χ0n) is 9.79. The lowest BCUT2D eigenvalue weighted by Gasteiger charge is -2.08. The van der Waals surface area contributed by atoms with Gasteiger partial charge in [0.25, 0.3) is 5.56 Å². The highest BCUT2D eigenvalue weighted by Crippen LogP contribution is 2.30. The first kappa shape index (κ1) is 11.3. The first-order valence-electron chi connectivity index (χ1n) is 6.26. The van der Waals surface area contributed by atoms with Crippen LogP contribution in [0.1, 0.15) is 42.8 Å². The maximum absolute atomic E-state index is 11.8. The highest BCUT2D eigenvalue weighted by Gasteiger charge is 2.18. The number of nitrogens with zero attached hydrogens (tertiary/aromatic N) is 1. The summed E-state index contributed by atoms with van der Waals surface area (Å²) in [6.07, 6.45) is 5.36. The van der Waals surface area contributed by atoms with Gasteiger partial charge in [-0.3, -0.25) is 4.79 Å². The minimum Gasteiger partial charge on any atom is -0.310 e. The second-order valence-corrected chi connectivity index (χ2v) is 6.05. The monoisotopic (exact) mass is 251 g/mol. The van der Waals surface area contributed by atoms with Gasteiger partial charge in [-0.1, -0.05) is 12.8 Å². The zero-order chi connectivity index (χ0) is 11.7. The van der Waals surface area contributed by atoms with Gasteiger partial charge in [-0.05, 0) is 12.8 Å². The van der Waals surface area contributed by atoms with Crippen LogP contribution in [0.2, 0.25) is 0 Å². The maximum atomic E-state index is 11.8. The molecule has 4 nitrogen and oxygen atoms in total.